The molecule has 8 heteroatoms. The van der Waals surface area contributed by atoms with Crippen LogP contribution in [0.1, 0.15) is 5.56 Å². The van der Waals surface area contributed by atoms with Gasteiger partial charge >= 0.3 is 6.03 Å². The van der Waals surface area contributed by atoms with E-state index >= 15 is 0 Å². The molecule has 1 N–H and O–H groups in total. The van der Waals surface area contributed by atoms with Gasteiger partial charge in [-0.2, -0.15) is 0 Å². The quantitative estimate of drug-likeness (QED) is 0.326. The fraction of sp³-hybridized carbons (Fsp3) is 0.188. The van der Waals surface area contributed by atoms with Crippen molar-refractivity contribution >= 4 is 46.5 Å². The third kappa shape index (κ3) is 3.42. The van der Waals surface area contributed by atoms with Crippen molar-refractivity contribution in [2.75, 3.05) is 20.8 Å². The van der Waals surface area contributed by atoms with Crippen molar-refractivity contribution in [3.63, 3.8) is 0 Å². The average Bonchev–Trinajstić information content (AvgIpc) is 2.54. The molecule has 1 aromatic rings. The van der Waals surface area contributed by atoms with Crippen LogP contribution in [0.15, 0.2) is 30.4 Å². The van der Waals surface area contributed by atoms with Crippen LogP contribution >= 0.6 is 22.6 Å². The van der Waals surface area contributed by atoms with E-state index in [1.54, 1.807) is 12.1 Å². The highest BCUT2D eigenvalue weighted by Crippen LogP contribution is 2.34. The van der Waals surface area contributed by atoms with Gasteiger partial charge in [-0.1, -0.05) is 6.08 Å². The van der Waals surface area contributed by atoms with E-state index in [-0.39, 0.29) is 12.1 Å². The molecule has 0 saturated carbocycles. The van der Waals surface area contributed by atoms with Crippen LogP contribution in [-0.4, -0.2) is 43.5 Å². The molecule has 0 bridgehead atoms. The zero-order chi connectivity index (χ0) is 17.9. The number of barbiturate groups is 1. The van der Waals surface area contributed by atoms with Crippen molar-refractivity contribution in [1.82, 2.24) is 10.2 Å². The number of rotatable bonds is 5. The van der Waals surface area contributed by atoms with Crippen LogP contribution in [0.3, 0.4) is 0 Å². The summed E-state index contributed by atoms with van der Waals surface area (Å²) in [6, 6.07) is 2.62. The Bertz CT molecular complexity index is 757. The lowest BCUT2D eigenvalue weighted by Gasteiger charge is -2.25. The van der Waals surface area contributed by atoms with E-state index in [2.05, 4.69) is 34.5 Å². The van der Waals surface area contributed by atoms with Crippen molar-refractivity contribution in [2.45, 2.75) is 0 Å². The minimum Gasteiger partial charge on any atom is -0.493 e. The first-order valence-electron chi connectivity index (χ1n) is 6.84. The molecule has 1 aliphatic rings. The third-order valence-corrected chi connectivity index (χ3v) is 4.07. The highest BCUT2D eigenvalue weighted by atomic mass is 127. The number of carbonyl (C=O) groups is 3. The first-order chi connectivity index (χ1) is 11.4. The molecule has 0 radical (unpaired) electrons. The fourth-order valence-corrected chi connectivity index (χ4v) is 3.02. The van der Waals surface area contributed by atoms with Gasteiger partial charge in [-0.3, -0.25) is 19.8 Å². The Morgan fingerprint density at radius 2 is 1.96 bits per heavy atom. The van der Waals surface area contributed by atoms with Crippen LogP contribution < -0.4 is 14.8 Å². The Morgan fingerprint density at radius 3 is 2.54 bits per heavy atom. The number of carbonyl (C=O) groups excluding carboxylic acids is 3. The minimum atomic E-state index is -0.760. The summed E-state index contributed by atoms with van der Waals surface area (Å²) < 4.78 is 11.3. The molecule has 1 aliphatic heterocycles. The van der Waals surface area contributed by atoms with Gasteiger partial charge in [-0.05, 0) is 46.4 Å². The molecule has 2 rings (SSSR count). The predicted molar refractivity (Wildman–Crippen MR) is 95.7 cm³/mol. The first kappa shape index (κ1) is 18.0. The standard InChI is InChI=1S/C16H15IN2O5/c1-4-5-19-15(21)10(14(20)18-16(19)22)6-9-7-11(17)13(24-3)12(8-9)23-2/h4,6-8H,1,5H2,2-3H3,(H,18,20,22)/b10-6-. The summed E-state index contributed by atoms with van der Waals surface area (Å²) in [4.78, 5) is 37.0. The molecule has 0 aliphatic carbocycles. The fourth-order valence-electron chi connectivity index (χ4n) is 2.18. The number of ether oxygens (including phenoxy) is 2. The molecular formula is C16H15IN2O5. The summed E-state index contributed by atoms with van der Waals surface area (Å²) in [5.74, 6) is -0.384. The highest BCUT2D eigenvalue weighted by molar-refractivity contribution is 14.1. The van der Waals surface area contributed by atoms with E-state index in [1.807, 2.05) is 0 Å². The predicted octanol–water partition coefficient (Wildman–Crippen LogP) is 1.96. The van der Waals surface area contributed by atoms with Gasteiger partial charge in [0.25, 0.3) is 11.8 Å². The average molecular weight is 442 g/mol. The van der Waals surface area contributed by atoms with Crippen LogP contribution in [-0.2, 0) is 9.59 Å². The lowest BCUT2D eigenvalue weighted by Crippen LogP contribution is -2.54. The van der Waals surface area contributed by atoms with Gasteiger partial charge in [-0.25, -0.2) is 4.79 Å². The van der Waals surface area contributed by atoms with Gasteiger partial charge in [0, 0.05) is 6.54 Å². The van der Waals surface area contributed by atoms with Gasteiger partial charge in [-0.15, -0.1) is 6.58 Å². The largest absolute Gasteiger partial charge is 0.493 e. The Kier molecular flexibility index (Phi) is 5.60. The van der Waals surface area contributed by atoms with E-state index in [4.69, 9.17) is 9.47 Å². The second-order valence-corrected chi connectivity index (χ2v) is 5.92. The van der Waals surface area contributed by atoms with Crippen LogP contribution in [0.25, 0.3) is 6.08 Å². The molecule has 1 saturated heterocycles. The number of imide groups is 2. The summed E-state index contributed by atoms with van der Waals surface area (Å²) >= 11 is 2.06. The van der Waals surface area contributed by atoms with Crippen LogP contribution in [0.5, 0.6) is 11.5 Å². The molecular weight excluding hydrogens is 427 g/mol. The smallest absolute Gasteiger partial charge is 0.331 e. The van der Waals surface area contributed by atoms with Gasteiger partial charge in [0.1, 0.15) is 5.57 Å². The molecule has 1 aromatic carbocycles. The summed E-state index contributed by atoms with van der Waals surface area (Å²) in [6.45, 7) is 3.51. The van der Waals surface area contributed by atoms with Crippen molar-refractivity contribution in [1.29, 1.82) is 0 Å². The molecule has 7 nitrogen and oxygen atoms in total. The molecule has 4 amide bonds. The number of methoxy groups -OCH3 is 2. The summed E-state index contributed by atoms with van der Waals surface area (Å²) in [6.07, 6.45) is 2.81. The first-order valence-corrected chi connectivity index (χ1v) is 7.92. The molecule has 0 atom stereocenters. The number of halogens is 1. The maximum atomic E-state index is 12.4. The zero-order valence-corrected chi connectivity index (χ0v) is 15.2. The Labute approximate surface area is 152 Å². The van der Waals surface area contributed by atoms with Gasteiger partial charge in [0.2, 0.25) is 0 Å². The Balaban J connectivity index is 2.47. The molecule has 0 aromatic heterocycles. The number of urea groups is 1. The molecule has 0 unspecified atom stereocenters. The number of hydrogen-bond acceptors (Lipinski definition) is 5. The van der Waals surface area contributed by atoms with Crippen LogP contribution in [0.4, 0.5) is 4.79 Å². The minimum absolute atomic E-state index is 0.0127. The highest BCUT2D eigenvalue weighted by Gasteiger charge is 2.34. The number of nitrogens with zero attached hydrogens (tertiary/aromatic N) is 1. The van der Waals surface area contributed by atoms with Crippen LogP contribution in [0, 0.1) is 3.57 Å². The van der Waals surface area contributed by atoms with Gasteiger partial charge in [0.05, 0.1) is 17.8 Å². The topological polar surface area (TPSA) is 84.9 Å². The molecule has 1 heterocycles. The molecule has 1 fully saturated rings. The van der Waals surface area contributed by atoms with E-state index in [1.165, 1.54) is 26.4 Å². The molecule has 126 valence electrons. The monoisotopic (exact) mass is 442 g/mol. The zero-order valence-electron chi connectivity index (χ0n) is 13.1. The van der Waals surface area contributed by atoms with E-state index in [0.717, 1.165) is 8.47 Å². The third-order valence-electron chi connectivity index (χ3n) is 3.26. The van der Waals surface area contributed by atoms with Crippen LogP contribution in [0.2, 0.25) is 0 Å². The maximum Gasteiger partial charge on any atom is 0.331 e. The number of hydrogen-bond donors (Lipinski definition) is 1. The Morgan fingerprint density at radius 1 is 1.25 bits per heavy atom. The van der Waals surface area contributed by atoms with Gasteiger partial charge in [0.15, 0.2) is 11.5 Å². The maximum absolute atomic E-state index is 12.4. The number of nitrogens with one attached hydrogen (secondary N) is 1. The van der Waals surface area contributed by atoms with E-state index in [0.29, 0.717) is 17.1 Å². The van der Waals surface area contributed by atoms with Crippen molar-refractivity contribution in [3.8, 4) is 11.5 Å². The molecule has 0 spiro atoms. The normalized spacial score (nSPS) is 16.2. The van der Waals surface area contributed by atoms with Crippen molar-refractivity contribution in [3.05, 3.63) is 39.5 Å². The summed E-state index contributed by atoms with van der Waals surface area (Å²) in [5, 5.41) is 2.13. The number of amides is 4. The number of benzene rings is 1. The second-order valence-electron chi connectivity index (χ2n) is 4.76. The van der Waals surface area contributed by atoms with E-state index < -0.39 is 17.8 Å². The van der Waals surface area contributed by atoms with E-state index in [9.17, 15) is 14.4 Å². The summed E-state index contributed by atoms with van der Waals surface area (Å²) in [7, 11) is 3.02. The second kappa shape index (κ2) is 7.47. The SMILES string of the molecule is C=CCN1C(=O)NC(=O)/C(=C/c2cc(I)c(OC)c(OC)c2)C1=O. The summed E-state index contributed by atoms with van der Waals surface area (Å²) in [5.41, 5.74) is 0.433. The van der Waals surface area contributed by atoms with Crippen molar-refractivity contribution in [2.24, 2.45) is 0 Å². The van der Waals surface area contributed by atoms with Crippen molar-refractivity contribution < 1.29 is 23.9 Å². The Hall–Kier alpha value is -2.36. The lowest BCUT2D eigenvalue weighted by atomic mass is 10.1. The van der Waals surface area contributed by atoms with Gasteiger partial charge < -0.3 is 9.47 Å². The lowest BCUT2D eigenvalue weighted by molar-refractivity contribution is -0.129. The molecule has 24 heavy (non-hydrogen) atoms.